The summed E-state index contributed by atoms with van der Waals surface area (Å²) in [6.07, 6.45) is 3.50. The highest BCUT2D eigenvalue weighted by Gasteiger charge is 2.12. The summed E-state index contributed by atoms with van der Waals surface area (Å²) in [5.41, 5.74) is 1.33. The van der Waals surface area contributed by atoms with Crippen LogP contribution in [0.4, 0.5) is 0 Å². The fourth-order valence-corrected chi connectivity index (χ4v) is 2.45. The monoisotopic (exact) mass is 293 g/mol. The quantitative estimate of drug-likeness (QED) is 0.711. The zero-order valence-electron chi connectivity index (χ0n) is 13.2. The lowest BCUT2D eigenvalue weighted by Crippen LogP contribution is -2.21. The molecular weight excluding hydrogens is 266 g/mol. The summed E-state index contributed by atoms with van der Waals surface area (Å²) in [6, 6.07) is 6.30. The molecule has 0 spiro atoms. The number of ether oxygens (including phenoxy) is 3. The van der Waals surface area contributed by atoms with Gasteiger partial charge in [0.15, 0.2) is 11.5 Å². The Morgan fingerprint density at radius 2 is 1.95 bits per heavy atom. The highest BCUT2D eigenvalue weighted by molar-refractivity contribution is 5.43. The van der Waals surface area contributed by atoms with Gasteiger partial charge in [-0.3, -0.25) is 0 Å². The van der Waals surface area contributed by atoms with Crippen LogP contribution in [0.5, 0.6) is 11.5 Å². The molecule has 1 aliphatic rings. The molecule has 1 unspecified atom stereocenters. The van der Waals surface area contributed by atoms with E-state index in [0.717, 1.165) is 37.6 Å². The van der Waals surface area contributed by atoms with Crippen LogP contribution in [0, 0.1) is 5.92 Å². The summed E-state index contributed by atoms with van der Waals surface area (Å²) in [7, 11) is 1.73. The van der Waals surface area contributed by atoms with Gasteiger partial charge in [0, 0.05) is 13.7 Å². The number of hydrogen-bond acceptors (Lipinski definition) is 4. The maximum absolute atomic E-state index is 5.63. The first-order valence-corrected chi connectivity index (χ1v) is 7.88. The highest BCUT2D eigenvalue weighted by Crippen LogP contribution is 2.31. The summed E-state index contributed by atoms with van der Waals surface area (Å²) in [5.74, 6) is 2.49. The van der Waals surface area contributed by atoms with Gasteiger partial charge in [0.25, 0.3) is 0 Å². The predicted octanol–water partition coefficient (Wildman–Crippen LogP) is 2.65. The SMILES string of the molecule is COCCNCCC(C)CCc1ccc2c(c1)OCCO2. The van der Waals surface area contributed by atoms with E-state index in [9.17, 15) is 0 Å². The second-order valence-corrected chi connectivity index (χ2v) is 5.65. The van der Waals surface area contributed by atoms with Crippen LogP contribution in [0.2, 0.25) is 0 Å². The number of hydrogen-bond donors (Lipinski definition) is 1. The van der Waals surface area contributed by atoms with E-state index < -0.39 is 0 Å². The lowest BCUT2D eigenvalue weighted by atomic mass is 9.98. The van der Waals surface area contributed by atoms with E-state index in [1.165, 1.54) is 18.4 Å². The van der Waals surface area contributed by atoms with E-state index in [1.807, 2.05) is 6.07 Å². The minimum Gasteiger partial charge on any atom is -0.486 e. The number of rotatable bonds is 9. The van der Waals surface area contributed by atoms with Gasteiger partial charge in [-0.15, -0.1) is 0 Å². The second kappa shape index (κ2) is 8.90. The molecule has 4 nitrogen and oxygen atoms in total. The Kier molecular flexibility index (Phi) is 6.83. The minimum atomic E-state index is 0.652. The third-order valence-corrected chi connectivity index (χ3v) is 3.83. The summed E-state index contributed by atoms with van der Waals surface area (Å²) < 4.78 is 16.2. The highest BCUT2D eigenvalue weighted by atomic mass is 16.6. The average Bonchev–Trinajstić information content (AvgIpc) is 2.52. The molecule has 0 saturated carbocycles. The van der Waals surface area contributed by atoms with Crippen LogP contribution in [-0.4, -0.2) is 40.0 Å². The fraction of sp³-hybridized carbons (Fsp3) is 0.647. The molecule has 1 aromatic rings. The lowest BCUT2D eigenvalue weighted by molar-refractivity contribution is 0.171. The number of nitrogens with one attached hydrogen (secondary N) is 1. The number of benzene rings is 1. The maximum atomic E-state index is 5.63. The fourth-order valence-electron chi connectivity index (χ4n) is 2.45. The smallest absolute Gasteiger partial charge is 0.161 e. The first-order valence-electron chi connectivity index (χ1n) is 7.88. The van der Waals surface area contributed by atoms with Crippen LogP contribution in [0.1, 0.15) is 25.3 Å². The topological polar surface area (TPSA) is 39.7 Å². The van der Waals surface area contributed by atoms with Gasteiger partial charge in [0.1, 0.15) is 13.2 Å². The van der Waals surface area contributed by atoms with E-state index in [1.54, 1.807) is 7.11 Å². The van der Waals surface area contributed by atoms with Crippen molar-refractivity contribution in [2.24, 2.45) is 5.92 Å². The van der Waals surface area contributed by atoms with Crippen molar-refractivity contribution in [1.82, 2.24) is 5.32 Å². The van der Waals surface area contributed by atoms with E-state index in [0.29, 0.717) is 19.1 Å². The molecule has 1 aromatic carbocycles. The molecule has 118 valence electrons. The molecular formula is C17H27NO3. The molecule has 2 rings (SSSR count). The Balaban J connectivity index is 1.67. The van der Waals surface area contributed by atoms with Crippen LogP contribution in [-0.2, 0) is 11.2 Å². The van der Waals surface area contributed by atoms with Crippen LogP contribution < -0.4 is 14.8 Å². The van der Waals surface area contributed by atoms with E-state index in [-0.39, 0.29) is 0 Å². The Labute approximate surface area is 127 Å². The second-order valence-electron chi connectivity index (χ2n) is 5.65. The molecule has 0 fully saturated rings. The van der Waals surface area contributed by atoms with Crippen LogP contribution in [0.15, 0.2) is 18.2 Å². The first-order chi connectivity index (χ1) is 10.3. The molecule has 0 aliphatic carbocycles. The summed E-state index contributed by atoms with van der Waals surface area (Å²) in [6.45, 7) is 6.40. The summed E-state index contributed by atoms with van der Waals surface area (Å²) in [4.78, 5) is 0. The van der Waals surface area contributed by atoms with Gasteiger partial charge < -0.3 is 19.5 Å². The Bertz CT molecular complexity index is 422. The van der Waals surface area contributed by atoms with Crippen molar-refractivity contribution in [2.45, 2.75) is 26.2 Å². The van der Waals surface area contributed by atoms with E-state index in [4.69, 9.17) is 14.2 Å². The van der Waals surface area contributed by atoms with E-state index >= 15 is 0 Å². The summed E-state index contributed by atoms with van der Waals surface area (Å²) in [5, 5.41) is 3.39. The van der Waals surface area contributed by atoms with Gasteiger partial charge in [-0.05, 0) is 49.4 Å². The lowest BCUT2D eigenvalue weighted by Gasteiger charge is -2.19. The first kappa shape index (κ1) is 16.1. The van der Waals surface area contributed by atoms with Gasteiger partial charge in [0.2, 0.25) is 0 Å². The van der Waals surface area contributed by atoms with Gasteiger partial charge in [-0.1, -0.05) is 13.0 Å². The van der Waals surface area contributed by atoms with Gasteiger partial charge in [-0.25, -0.2) is 0 Å². The van der Waals surface area contributed by atoms with Crippen molar-refractivity contribution >= 4 is 0 Å². The predicted molar refractivity (Wildman–Crippen MR) is 84.3 cm³/mol. The zero-order valence-corrected chi connectivity index (χ0v) is 13.2. The summed E-state index contributed by atoms with van der Waals surface area (Å²) >= 11 is 0. The Morgan fingerprint density at radius 3 is 2.76 bits per heavy atom. The maximum Gasteiger partial charge on any atom is 0.161 e. The molecule has 0 radical (unpaired) electrons. The van der Waals surface area contributed by atoms with E-state index in [2.05, 4.69) is 24.4 Å². The molecule has 4 heteroatoms. The largest absolute Gasteiger partial charge is 0.486 e. The molecule has 1 aliphatic heterocycles. The van der Waals surface area contributed by atoms with Crippen LogP contribution >= 0.6 is 0 Å². The van der Waals surface area contributed by atoms with Crippen molar-refractivity contribution in [3.63, 3.8) is 0 Å². The van der Waals surface area contributed by atoms with Gasteiger partial charge in [0.05, 0.1) is 6.61 Å². The van der Waals surface area contributed by atoms with Crippen molar-refractivity contribution < 1.29 is 14.2 Å². The third kappa shape index (κ3) is 5.56. The standard InChI is InChI=1S/C17H27NO3/c1-14(7-8-18-9-10-19-2)3-4-15-5-6-16-17(13-15)21-12-11-20-16/h5-6,13-14,18H,3-4,7-12H2,1-2H3. The third-order valence-electron chi connectivity index (χ3n) is 3.83. The number of methoxy groups -OCH3 is 1. The molecule has 0 aromatic heterocycles. The zero-order chi connectivity index (χ0) is 14.9. The molecule has 1 heterocycles. The van der Waals surface area contributed by atoms with Crippen molar-refractivity contribution in [2.75, 3.05) is 40.0 Å². The number of fused-ring (bicyclic) bond motifs is 1. The molecule has 1 N–H and O–H groups in total. The average molecular weight is 293 g/mol. The molecule has 0 amide bonds. The minimum absolute atomic E-state index is 0.652. The van der Waals surface area contributed by atoms with Gasteiger partial charge in [-0.2, -0.15) is 0 Å². The molecule has 0 bridgehead atoms. The van der Waals surface area contributed by atoms with Crippen LogP contribution in [0.25, 0.3) is 0 Å². The molecule has 1 atom stereocenters. The van der Waals surface area contributed by atoms with Gasteiger partial charge >= 0.3 is 0 Å². The van der Waals surface area contributed by atoms with Crippen LogP contribution in [0.3, 0.4) is 0 Å². The number of aryl methyl sites for hydroxylation is 1. The van der Waals surface area contributed by atoms with Crippen molar-refractivity contribution in [3.05, 3.63) is 23.8 Å². The van der Waals surface area contributed by atoms with Crippen molar-refractivity contribution in [3.8, 4) is 11.5 Å². The Morgan fingerprint density at radius 1 is 1.14 bits per heavy atom. The normalized spacial score (nSPS) is 15.0. The molecule has 21 heavy (non-hydrogen) atoms. The molecule has 0 saturated heterocycles. The Hall–Kier alpha value is -1.26. The van der Waals surface area contributed by atoms with Crippen molar-refractivity contribution in [1.29, 1.82) is 0 Å².